The van der Waals surface area contributed by atoms with Crippen molar-refractivity contribution in [2.75, 3.05) is 11.4 Å². The molecule has 1 amide bonds. The minimum atomic E-state index is -0.393. The highest BCUT2D eigenvalue weighted by Crippen LogP contribution is 2.33. The zero-order valence-electron chi connectivity index (χ0n) is 15.9. The van der Waals surface area contributed by atoms with E-state index in [-0.39, 0.29) is 18.3 Å². The average molecular weight is 399 g/mol. The largest absolute Gasteiger partial charge is 0.338 e. The quantitative estimate of drug-likeness (QED) is 0.723. The predicted octanol–water partition coefficient (Wildman–Crippen LogP) is 3.75. The first kappa shape index (κ1) is 20.0. The maximum absolute atomic E-state index is 12.9. The van der Waals surface area contributed by atoms with Gasteiger partial charge in [0.1, 0.15) is 5.92 Å². The summed E-state index contributed by atoms with van der Waals surface area (Å²) in [5.41, 5.74) is 10.7. The summed E-state index contributed by atoms with van der Waals surface area (Å²) in [6, 6.07) is 13.9. The lowest BCUT2D eigenvalue weighted by Crippen LogP contribution is -2.26. The van der Waals surface area contributed by atoms with Gasteiger partial charge in [0.2, 0.25) is 17.6 Å². The monoisotopic (exact) mass is 398 g/mol. The average Bonchev–Trinajstić information content (AvgIpc) is 3.27. The summed E-state index contributed by atoms with van der Waals surface area (Å²) in [5.74, 6) is 0.486. The molecule has 2 heterocycles. The number of amides is 1. The van der Waals surface area contributed by atoms with Crippen molar-refractivity contribution in [2.45, 2.75) is 32.7 Å². The summed E-state index contributed by atoms with van der Waals surface area (Å²) in [5, 5.41) is 4.06. The number of carbonyl (C=O) groups excluding carboxylic acids is 1. The second-order valence-corrected chi connectivity index (χ2v) is 7.03. The van der Waals surface area contributed by atoms with Crippen LogP contribution in [0.2, 0.25) is 0 Å². The van der Waals surface area contributed by atoms with Crippen molar-refractivity contribution in [1.29, 1.82) is 0 Å². The molecule has 0 aliphatic carbocycles. The summed E-state index contributed by atoms with van der Waals surface area (Å²) in [7, 11) is 0. The van der Waals surface area contributed by atoms with Crippen molar-refractivity contribution in [2.24, 2.45) is 5.73 Å². The van der Waals surface area contributed by atoms with Crippen molar-refractivity contribution < 1.29 is 9.32 Å². The molecule has 1 atom stereocenters. The van der Waals surface area contributed by atoms with E-state index in [1.807, 2.05) is 55.1 Å². The van der Waals surface area contributed by atoms with E-state index in [4.69, 9.17) is 10.3 Å². The third-order valence-electron chi connectivity index (χ3n) is 4.91. The van der Waals surface area contributed by atoms with Crippen molar-refractivity contribution in [3.8, 4) is 11.4 Å². The molecule has 2 N–H and O–H groups in total. The van der Waals surface area contributed by atoms with E-state index in [9.17, 15) is 4.79 Å². The van der Waals surface area contributed by atoms with Gasteiger partial charge in [0, 0.05) is 24.3 Å². The minimum Gasteiger partial charge on any atom is -0.338 e. The highest BCUT2D eigenvalue weighted by molar-refractivity contribution is 5.99. The highest BCUT2D eigenvalue weighted by atomic mass is 35.5. The Bertz CT molecular complexity index is 964. The molecule has 4 rings (SSSR count). The number of aromatic nitrogens is 2. The Morgan fingerprint density at radius 2 is 1.82 bits per heavy atom. The van der Waals surface area contributed by atoms with Crippen LogP contribution in [0.5, 0.6) is 0 Å². The third-order valence-corrected chi connectivity index (χ3v) is 4.91. The number of hydrogen-bond donors (Lipinski definition) is 1. The van der Waals surface area contributed by atoms with Crippen molar-refractivity contribution in [1.82, 2.24) is 10.1 Å². The van der Waals surface area contributed by atoms with Crippen LogP contribution >= 0.6 is 12.4 Å². The van der Waals surface area contributed by atoms with E-state index in [0.717, 1.165) is 27.9 Å². The molecule has 0 saturated carbocycles. The molecule has 0 radical (unpaired) electrons. The fraction of sp³-hybridized carbons (Fsp3) is 0.286. The normalized spacial score (nSPS) is 16.3. The molecule has 1 aliphatic heterocycles. The molecule has 0 spiro atoms. The number of benzene rings is 2. The van der Waals surface area contributed by atoms with Gasteiger partial charge in [-0.15, -0.1) is 12.4 Å². The molecule has 1 saturated heterocycles. The lowest BCUT2D eigenvalue weighted by molar-refractivity contribution is -0.118. The molecular formula is C21H23ClN4O2. The lowest BCUT2D eigenvalue weighted by atomic mass is 10.1. The zero-order chi connectivity index (χ0) is 19.0. The molecule has 6 nitrogen and oxygen atoms in total. The molecule has 1 unspecified atom stereocenters. The van der Waals surface area contributed by atoms with E-state index in [1.54, 1.807) is 0 Å². The Balaban J connectivity index is 0.00000225. The molecule has 1 fully saturated rings. The Kier molecular flexibility index (Phi) is 5.82. The van der Waals surface area contributed by atoms with Crippen molar-refractivity contribution >= 4 is 24.0 Å². The molecule has 0 bridgehead atoms. The SMILES string of the molecule is Cc1cc(C)cc(N2CCC(c3nc(-c4ccc(CN)cc4)no3)C2=O)c1.Cl. The maximum atomic E-state index is 12.9. The van der Waals surface area contributed by atoms with Gasteiger partial charge in [-0.1, -0.05) is 35.5 Å². The van der Waals surface area contributed by atoms with Crippen LogP contribution in [0, 0.1) is 13.8 Å². The number of anilines is 1. The van der Waals surface area contributed by atoms with Crippen LogP contribution < -0.4 is 10.6 Å². The minimum absolute atomic E-state index is 0. The predicted molar refractivity (Wildman–Crippen MR) is 111 cm³/mol. The maximum Gasteiger partial charge on any atom is 0.239 e. The first-order valence-corrected chi connectivity index (χ1v) is 9.08. The molecule has 28 heavy (non-hydrogen) atoms. The van der Waals surface area contributed by atoms with Gasteiger partial charge in [0.25, 0.3) is 0 Å². The van der Waals surface area contributed by atoms with Gasteiger partial charge in [0.15, 0.2) is 0 Å². The molecule has 2 aromatic carbocycles. The summed E-state index contributed by atoms with van der Waals surface area (Å²) in [6.45, 7) is 5.21. The molecule has 1 aliphatic rings. The number of aryl methyl sites for hydroxylation is 2. The van der Waals surface area contributed by atoms with Crippen LogP contribution in [0.15, 0.2) is 47.0 Å². The van der Waals surface area contributed by atoms with Crippen LogP contribution in [-0.2, 0) is 11.3 Å². The number of nitrogens with two attached hydrogens (primary N) is 1. The Morgan fingerprint density at radius 3 is 2.46 bits per heavy atom. The Morgan fingerprint density at radius 1 is 1.14 bits per heavy atom. The van der Waals surface area contributed by atoms with E-state index < -0.39 is 5.92 Å². The van der Waals surface area contributed by atoms with Crippen molar-refractivity contribution in [3.63, 3.8) is 0 Å². The summed E-state index contributed by atoms with van der Waals surface area (Å²) < 4.78 is 5.43. The van der Waals surface area contributed by atoms with Crippen LogP contribution in [0.1, 0.15) is 34.9 Å². The van der Waals surface area contributed by atoms with Gasteiger partial charge in [-0.2, -0.15) is 4.98 Å². The van der Waals surface area contributed by atoms with Gasteiger partial charge in [-0.25, -0.2) is 0 Å². The van der Waals surface area contributed by atoms with Gasteiger partial charge in [-0.05, 0) is 49.1 Å². The van der Waals surface area contributed by atoms with Crippen molar-refractivity contribution in [3.05, 3.63) is 65.0 Å². The van der Waals surface area contributed by atoms with Gasteiger partial charge in [-0.3, -0.25) is 4.79 Å². The Hall–Kier alpha value is -2.70. The number of nitrogens with zero attached hydrogens (tertiary/aromatic N) is 3. The fourth-order valence-electron chi connectivity index (χ4n) is 3.56. The third kappa shape index (κ3) is 3.79. The molecule has 7 heteroatoms. The second kappa shape index (κ2) is 8.12. The summed E-state index contributed by atoms with van der Waals surface area (Å²) >= 11 is 0. The second-order valence-electron chi connectivity index (χ2n) is 7.03. The van der Waals surface area contributed by atoms with Gasteiger partial charge >= 0.3 is 0 Å². The number of carbonyl (C=O) groups is 1. The zero-order valence-corrected chi connectivity index (χ0v) is 16.7. The van der Waals surface area contributed by atoms with E-state index >= 15 is 0 Å². The molecular weight excluding hydrogens is 376 g/mol. The fourth-order valence-corrected chi connectivity index (χ4v) is 3.56. The number of hydrogen-bond acceptors (Lipinski definition) is 5. The molecule has 1 aromatic heterocycles. The first-order chi connectivity index (χ1) is 13.0. The van der Waals surface area contributed by atoms with Gasteiger partial charge in [0.05, 0.1) is 0 Å². The van der Waals surface area contributed by atoms with Gasteiger partial charge < -0.3 is 15.2 Å². The first-order valence-electron chi connectivity index (χ1n) is 9.08. The Labute approximate surface area is 170 Å². The summed E-state index contributed by atoms with van der Waals surface area (Å²) in [4.78, 5) is 19.2. The summed E-state index contributed by atoms with van der Waals surface area (Å²) in [6.07, 6.45) is 0.666. The van der Waals surface area contributed by atoms with Crippen LogP contribution in [-0.4, -0.2) is 22.6 Å². The number of rotatable bonds is 4. The van der Waals surface area contributed by atoms with Crippen LogP contribution in [0.3, 0.4) is 0 Å². The number of halogens is 1. The van der Waals surface area contributed by atoms with Crippen LogP contribution in [0.4, 0.5) is 5.69 Å². The lowest BCUT2D eigenvalue weighted by Gasteiger charge is -2.17. The smallest absolute Gasteiger partial charge is 0.239 e. The topological polar surface area (TPSA) is 85.2 Å². The van der Waals surface area contributed by atoms with Crippen LogP contribution in [0.25, 0.3) is 11.4 Å². The highest BCUT2D eigenvalue weighted by Gasteiger charge is 2.37. The molecule has 3 aromatic rings. The van der Waals surface area contributed by atoms with E-state index in [2.05, 4.69) is 16.2 Å². The van der Waals surface area contributed by atoms with E-state index in [0.29, 0.717) is 31.2 Å². The van der Waals surface area contributed by atoms with E-state index in [1.165, 1.54) is 0 Å². The standard InChI is InChI=1S/C21H22N4O2.ClH/c1-13-9-14(2)11-17(10-13)25-8-7-18(21(25)26)20-23-19(24-27-20)16-5-3-15(12-22)4-6-16;/h3-6,9-11,18H,7-8,12,22H2,1-2H3;1H. The molecule has 146 valence electrons.